The van der Waals surface area contributed by atoms with Crippen LogP contribution < -0.4 is 9.47 Å². The van der Waals surface area contributed by atoms with Gasteiger partial charge in [-0.15, -0.1) is 0 Å². The van der Waals surface area contributed by atoms with Gasteiger partial charge in [0, 0.05) is 24.7 Å². The van der Waals surface area contributed by atoms with E-state index in [2.05, 4.69) is 0 Å². The largest absolute Gasteiger partial charge is 0.496 e. The zero-order valence-electron chi connectivity index (χ0n) is 13.0. The number of ether oxygens (including phenoxy) is 4. The van der Waals surface area contributed by atoms with E-state index in [4.69, 9.17) is 18.9 Å². The Kier molecular flexibility index (Phi) is 5.42. The van der Waals surface area contributed by atoms with E-state index in [-0.39, 0.29) is 0 Å². The Bertz CT molecular complexity index is 589. The third-order valence-electron chi connectivity index (χ3n) is 3.32. The molecule has 0 unspecified atom stereocenters. The van der Waals surface area contributed by atoms with Gasteiger partial charge >= 0.3 is 0 Å². The van der Waals surface area contributed by atoms with Crippen molar-refractivity contribution in [2.45, 2.75) is 20.1 Å². The predicted octanol–water partition coefficient (Wildman–Crippen LogP) is 3.93. The van der Waals surface area contributed by atoms with E-state index in [0.717, 1.165) is 22.1 Å². The van der Waals surface area contributed by atoms with Crippen LogP contribution in [0, 0.1) is 0 Å². The zero-order valence-corrected chi connectivity index (χ0v) is 13.0. The van der Waals surface area contributed by atoms with Crippen LogP contribution in [0.2, 0.25) is 0 Å². The highest BCUT2D eigenvalue weighted by atomic mass is 16.7. The molecule has 0 N–H and O–H groups in total. The standard InChI is InChI=1S/C17H22O4/c1-5-20-17(21-6-2)16-13-10-8-7-9-12(13)14(18-3)11-15(16)19-4/h7-11,17H,5-6H2,1-4H3. The van der Waals surface area contributed by atoms with Gasteiger partial charge in [0.15, 0.2) is 6.29 Å². The summed E-state index contributed by atoms with van der Waals surface area (Å²) < 4.78 is 22.5. The lowest BCUT2D eigenvalue weighted by Crippen LogP contribution is -2.11. The van der Waals surface area contributed by atoms with Crippen LogP contribution >= 0.6 is 0 Å². The van der Waals surface area contributed by atoms with E-state index in [1.165, 1.54) is 0 Å². The SMILES string of the molecule is CCOC(OCC)c1c(OC)cc(OC)c2ccccc12. The highest BCUT2D eigenvalue weighted by molar-refractivity contribution is 5.93. The maximum Gasteiger partial charge on any atom is 0.187 e. The topological polar surface area (TPSA) is 36.9 Å². The molecule has 4 heteroatoms. The van der Waals surface area contributed by atoms with Gasteiger partial charge in [-0.25, -0.2) is 0 Å². The van der Waals surface area contributed by atoms with Crippen LogP contribution in [0.15, 0.2) is 30.3 Å². The van der Waals surface area contributed by atoms with Gasteiger partial charge in [0.1, 0.15) is 11.5 Å². The van der Waals surface area contributed by atoms with Crippen LogP contribution in [-0.2, 0) is 9.47 Å². The molecule has 2 rings (SSSR count). The first-order valence-electron chi connectivity index (χ1n) is 7.13. The van der Waals surface area contributed by atoms with Crippen LogP contribution in [0.5, 0.6) is 11.5 Å². The fraction of sp³-hybridized carbons (Fsp3) is 0.412. The van der Waals surface area contributed by atoms with Gasteiger partial charge in [-0.05, 0) is 19.2 Å². The van der Waals surface area contributed by atoms with Gasteiger partial charge in [-0.3, -0.25) is 0 Å². The summed E-state index contributed by atoms with van der Waals surface area (Å²) >= 11 is 0. The predicted molar refractivity (Wildman–Crippen MR) is 83.0 cm³/mol. The summed E-state index contributed by atoms with van der Waals surface area (Å²) in [6, 6.07) is 9.90. The lowest BCUT2D eigenvalue weighted by Gasteiger charge is -2.22. The Morgan fingerprint density at radius 2 is 1.43 bits per heavy atom. The van der Waals surface area contributed by atoms with Gasteiger partial charge in [-0.2, -0.15) is 0 Å². The second-order valence-electron chi connectivity index (χ2n) is 4.48. The summed E-state index contributed by atoms with van der Waals surface area (Å²) in [4.78, 5) is 0. The quantitative estimate of drug-likeness (QED) is 0.724. The molecule has 21 heavy (non-hydrogen) atoms. The summed E-state index contributed by atoms with van der Waals surface area (Å²) in [5.41, 5.74) is 0.901. The molecular weight excluding hydrogens is 268 g/mol. The Labute approximate surface area is 125 Å². The molecule has 2 aromatic rings. The molecule has 0 aromatic heterocycles. The Morgan fingerprint density at radius 1 is 0.857 bits per heavy atom. The van der Waals surface area contributed by atoms with Crippen molar-refractivity contribution in [1.82, 2.24) is 0 Å². The smallest absolute Gasteiger partial charge is 0.187 e. The van der Waals surface area contributed by atoms with Crippen molar-refractivity contribution in [2.75, 3.05) is 27.4 Å². The molecule has 0 amide bonds. The second-order valence-corrected chi connectivity index (χ2v) is 4.48. The monoisotopic (exact) mass is 290 g/mol. The summed E-state index contributed by atoms with van der Waals surface area (Å²) in [5.74, 6) is 1.48. The van der Waals surface area contributed by atoms with Crippen LogP contribution in [-0.4, -0.2) is 27.4 Å². The molecule has 2 aromatic carbocycles. The lowest BCUT2D eigenvalue weighted by molar-refractivity contribution is -0.140. The molecule has 0 aliphatic carbocycles. The molecule has 0 radical (unpaired) electrons. The Hall–Kier alpha value is -1.78. The molecule has 0 aliphatic rings. The molecule has 4 nitrogen and oxygen atoms in total. The number of fused-ring (bicyclic) bond motifs is 1. The van der Waals surface area contributed by atoms with E-state index in [9.17, 15) is 0 Å². The van der Waals surface area contributed by atoms with Crippen LogP contribution in [0.3, 0.4) is 0 Å². The minimum absolute atomic E-state index is 0.453. The highest BCUT2D eigenvalue weighted by Crippen LogP contribution is 2.40. The molecule has 114 valence electrons. The molecule has 0 atom stereocenters. The number of hydrogen-bond donors (Lipinski definition) is 0. The van der Waals surface area contributed by atoms with Crippen LogP contribution in [0.4, 0.5) is 0 Å². The van der Waals surface area contributed by atoms with Gasteiger partial charge in [0.05, 0.1) is 19.8 Å². The lowest BCUT2D eigenvalue weighted by atomic mass is 10.0. The van der Waals surface area contributed by atoms with Gasteiger partial charge in [0.25, 0.3) is 0 Å². The molecule has 0 spiro atoms. The van der Waals surface area contributed by atoms with Crippen LogP contribution in [0.25, 0.3) is 10.8 Å². The number of benzene rings is 2. The van der Waals surface area contributed by atoms with Crippen molar-refractivity contribution < 1.29 is 18.9 Å². The minimum Gasteiger partial charge on any atom is -0.496 e. The first-order valence-corrected chi connectivity index (χ1v) is 7.13. The van der Waals surface area contributed by atoms with Gasteiger partial charge in [-0.1, -0.05) is 24.3 Å². The molecule has 0 saturated carbocycles. The van der Waals surface area contributed by atoms with E-state index in [0.29, 0.717) is 19.0 Å². The fourth-order valence-electron chi connectivity index (χ4n) is 2.44. The second kappa shape index (κ2) is 7.29. The average Bonchev–Trinajstić information content (AvgIpc) is 2.53. The first-order chi connectivity index (χ1) is 10.3. The normalized spacial score (nSPS) is 11.1. The number of rotatable bonds is 7. The van der Waals surface area contributed by atoms with Gasteiger partial charge in [0.2, 0.25) is 0 Å². The van der Waals surface area contributed by atoms with Crippen molar-refractivity contribution >= 4 is 10.8 Å². The van der Waals surface area contributed by atoms with Crippen molar-refractivity contribution in [3.05, 3.63) is 35.9 Å². The van der Waals surface area contributed by atoms with E-state index < -0.39 is 6.29 Å². The minimum atomic E-state index is -0.453. The third-order valence-corrected chi connectivity index (χ3v) is 3.32. The van der Waals surface area contributed by atoms with Crippen molar-refractivity contribution in [3.8, 4) is 11.5 Å². The van der Waals surface area contributed by atoms with Crippen molar-refractivity contribution in [3.63, 3.8) is 0 Å². The Balaban J connectivity index is 2.69. The van der Waals surface area contributed by atoms with Crippen molar-refractivity contribution in [1.29, 1.82) is 0 Å². The molecule has 0 heterocycles. The van der Waals surface area contributed by atoms with E-state index >= 15 is 0 Å². The Morgan fingerprint density at radius 3 is 1.95 bits per heavy atom. The molecule has 0 saturated heterocycles. The summed E-state index contributed by atoms with van der Waals surface area (Å²) in [5, 5.41) is 2.03. The maximum absolute atomic E-state index is 5.75. The van der Waals surface area contributed by atoms with Gasteiger partial charge < -0.3 is 18.9 Å². The molecule has 0 aliphatic heterocycles. The third kappa shape index (κ3) is 3.12. The molecular formula is C17H22O4. The molecule has 0 fully saturated rings. The number of hydrogen-bond acceptors (Lipinski definition) is 4. The van der Waals surface area contributed by atoms with Crippen LogP contribution in [0.1, 0.15) is 25.7 Å². The summed E-state index contributed by atoms with van der Waals surface area (Å²) in [6.07, 6.45) is -0.453. The van der Waals surface area contributed by atoms with E-state index in [1.807, 2.05) is 44.2 Å². The first kappa shape index (κ1) is 15.6. The summed E-state index contributed by atoms with van der Waals surface area (Å²) in [7, 11) is 3.30. The number of methoxy groups -OCH3 is 2. The van der Waals surface area contributed by atoms with Crippen molar-refractivity contribution in [2.24, 2.45) is 0 Å². The molecule has 0 bridgehead atoms. The average molecular weight is 290 g/mol. The fourth-order valence-corrected chi connectivity index (χ4v) is 2.44. The zero-order chi connectivity index (χ0) is 15.2. The van der Waals surface area contributed by atoms with E-state index in [1.54, 1.807) is 14.2 Å². The highest BCUT2D eigenvalue weighted by Gasteiger charge is 2.22. The maximum atomic E-state index is 5.75. The summed E-state index contributed by atoms with van der Waals surface area (Å²) in [6.45, 7) is 5.02.